The highest BCUT2D eigenvalue weighted by Crippen LogP contribution is 2.60. The van der Waals surface area contributed by atoms with Gasteiger partial charge >= 0.3 is 0 Å². The van der Waals surface area contributed by atoms with Gasteiger partial charge in [0.05, 0.1) is 0 Å². The number of thiophene rings is 1. The molecule has 262 valence electrons. The molecule has 4 aliphatic carbocycles. The number of anilines is 3. The highest BCUT2D eigenvalue weighted by atomic mass is 32.1. The van der Waals surface area contributed by atoms with Gasteiger partial charge in [-0.25, -0.2) is 0 Å². The van der Waals surface area contributed by atoms with Crippen LogP contribution in [0, 0.1) is 17.8 Å². The van der Waals surface area contributed by atoms with Crippen molar-refractivity contribution in [3.05, 3.63) is 175 Å². The lowest BCUT2D eigenvalue weighted by atomic mass is 9.48. The summed E-state index contributed by atoms with van der Waals surface area (Å²) in [6, 6.07) is 63.2. The van der Waals surface area contributed by atoms with Crippen molar-refractivity contribution < 1.29 is 0 Å². The topological polar surface area (TPSA) is 3.24 Å². The lowest BCUT2D eigenvalue weighted by Crippen LogP contribution is -2.48. The Kier molecular flexibility index (Phi) is 7.62. The number of hydrogen-bond donors (Lipinski definition) is 0. The predicted octanol–water partition coefficient (Wildman–Crippen LogP) is 15.0. The molecule has 4 saturated carbocycles. The second kappa shape index (κ2) is 12.9. The van der Waals surface area contributed by atoms with Gasteiger partial charge in [-0.2, -0.15) is 0 Å². The zero-order valence-electron chi connectivity index (χ0n) is 30.5. The molecule has 12 rings (SSSR count). The van der Waals surface area contributed by atoms with Crippen LogP contribution in [-0.2, 0) is 5.41 Å². The molecule has 4 fully saturated rings. The molecule has 0 amide bonds. The molecule has 4 bridgehead atoms. The monoisotopic (exact) mass is 713 g/mol. The van der Waals surface area contributed by atoms with Crippen LogP contribution >= 0.6 is 11.3 Å². The molecular formula is C52H43NS. The second-order valence-corrected chi connectivity index (χ2v) is 17.4. The Morgan fingerprint density at radius 1 is 0.407 bits per heavy atom. The van der Waals surface area contributed by atoms with Gasteiger partial charge in [0, 0.05) is 37.2 Å². The third-order valence-electron chi connectivity index (χ3n) is 13.1. The maximum atomic E-state index is 2.47. The number of rotatable bonds is 7. The molecule has 0 spiro atoms. The van der Waals surface area contributed by atoms with Crippen molar-refractivity contribution >= 4 is 48.6 Å². The molecule has 1 heterocycles. The zero-order valence-corrected chi connectivity index (χ0v) is 31.3. The lowest BCUT2D eigenvalue weighted by molar-refractivity contribution is -0.00518. The minimum atomic E-state index is 0.438. The average Bonchev–Trinajstić information content (AvgIpc) is 3.61. The van der Waals surface area contributed by atoms with E-state index in [9.17, 15) is 0 Å². The molecule has 0 atom stereocenters. The van der Waals surface area contributed by atoms with Crippen LogP contribution in [0.1, 0.15) is 44.1 Å². The van der Waals surface area contributed by atoms with E-state index in [0.717, 1.165) is 34.8 Å². The van der Waals surface area contributed by atoms with Gasteiger partial charge in [-0.3, -0.25) is 0 Å². The molecule has 1 nitrogen and oxygen atoms in total. The third kappa shape index (κ3) is 5.50. The minimum Gasteiger partial charge on any atom is -0.311 e. The van der Waals surface area contributed by atoms with E-state index in [1.54, 1.807) is 5.56 Å². The summed E-state index contributed by atoms with van der Waals surface area (Å²) in [5.74, 6) is 2.90. The van der Waals surface area contributed by atoms with E-state index in [1.165, 1.54) is 92.1 Å². The van der Waals surface area contributed by atoms with E-state index in [2.05, 4.69) is 175 Å². The molecule has 4 aliphatic rings. The first-order valence-electron chi connectivity index (χ1n) is 19.8. The fourth-order valence-electron chi connectivity index (χ4n) is 10.9. The molecule has 0 aliphatic heterocycles. The van der Waals surface area contributed by atoms with Gasteiger partial charge in [-0.05, 0) is 143 Å². The quantitative estimate of drug-likeness (QED) is 0.159. The molecule has 0 saturated heterocycles. The number of benzene rings is 7. The van der Waals surface area contributed by atoms with Crippen LogP contribution in [0.15, 0.2) is 170 Å². The van der Waals surface area contributed by atoms with Gasteiger partial charge in [-0.15, -0.1) is 11.3 Å². The van der Waals surface area contributed by atoms with Crippen molar-refractivity contribution in [3.63, 3.8) is 0 Å². The molecular weight excluding hydrogens is 671 g/mol. The molecule has 0 radical (unpaired) electrons. The molecule has 0 unspecified atom stereocenters. The van der Waals surface area contributed by atoms with Crippen LogP contribution in [-0.4, -0.2) is 0 Å². The van der Waals surface area contributed by atoms with Crippen molar-refractivity contribution in [1.82, 2.24) is 0 Å². The van der Waals surface area contributed by atoms with Gasteiger partial charge < -0.3 is 4.90 Å². The van der Waals surface area contributed by atoms with E-state index in [0.29, 0.717) is 5.41 Å². The number of nitrogens with zero attached hydrogens (tertiary/aromatic N) is 1. The van der Waals surface area contributed by atoms with Crippen LogP contribution in [0.2, 0.25) is 0 Å². The van der Waals surface area contributed by atoms with E-state index in [-0.39, 0.29) is 0 Å². The standard InChI is InChI=1S/C52H43NS/c1-2-7-38(8-3-1)40-15-23-44(24-16-40)53(46-27-19-42(20-28-46)47-10-6-11-49-48-9-4-5-12-50(48)54-51(47)49)45-25-17-41(18-26-45)39-13-21-43(22-14-39)52-32-35-29-36(33-52)31-37(30-35)34-52/h1-28,35-37H,29-34H2. The molecule has 1 aromatic heterocycles. The fraction of sp³-hybridized carbons (Fsp3) is 0.192. The summed E-state index contributed by atoms with van der Waals surface area (Å²) in [7, 11) is 0. The first-order chi connectivity index (χ1) is 26.7. The van der Waals surface area contributed by atoms with Crippen molar-refractivity contribution in [3.8, 4) is 33.4 Å². The predicted molar refractivity (Wildman–Crippen MR) is 230 cm³/mol. The van der Waals surface area contributed by atoms with Crippen molar-refractivity contribution in [2.24, 2.45) is 17.8 Å². The number of hydrogen-bond acceptors (Lipinski definition) is 2. The summed E-state index contributed by atoms with van der Waals surface area (Å²) >= 11 is 1.89. The summed E-state index contributed by atoms with van der Waals surface area (Å²) in [6.07, 6.45) is 8.71. The summed E-state index contributed by atoms with van der Waals surface area (Å²) in [5.41, 5.74) is 13.0. The molecule has 54 heavy (non-hydrogen) atoms. The van der Waals surface area contributed by atoms with E-state index in [4.69, 9.17) is 0 Å². The highest BCUT2D eigenvalue weighted by Gasteiger charge is 2.51. The van der Waals surface area contributed by atoms with Gasteiger partial charge in [0.15, 0.2) is 0 Å². The Hall–Kier alpha value is -5.44. The Bertz CT molecular complexity index is 2560. The smallest absolute Gasteiger partial charge is 0.0462 e. The molecule has 7 aromatic carbocycles. The summed E-state index contributed by atoms with van der Waals surface area (Å²) in [4.78, 5) is 2.39. The molecule has 8 aromatic rings. The largest absolute Gasteiger partial charge is 0.311 e. The Morgan fingerprint density at radius 3 is 1.44 bits per heavy atom. The van der Waals surface area contributed by atoms with Crippen molar-refractivity contribution in [1.29, 1.82) is 0 Å². The van der Waals surface area contributed by atoms with Gasteiger partial charge in [0.1, 0.15) is 0 Å². The van der Waals surface area contributed by atoms with Crippen LogP contribution in [0.3, 0.4) is 0 Å². The maximum absolute atomic E-state index is 2.47. The van der Waals surface area contributed by atoms with Crippen LogP contribution in [0.5, 0.6) is 0 Å². The van der Waals surface area contributed by atoms with E-state index >= 15 is 0 Å². The maximum Gasteiger partial charge on any atom is 0.0462 e. The third-order valence-corrected chi connectivity index (χ3v) is 14.3. The summed E-state index contributed by atoms with van der Waals surface area (Å²) in [5, 5.41) is 2.67. The first kappa shape index (κ1) is 32.0. The van der Waals surface area contributed by atoms with Crippen LogP contribution in [0.4, 0.5) is 17.1 Å². The van der Waals surface area contributed by atoms with Crippen LogP contribution < -0.4 is 4.90 Å². The average molecular weight is 714 g/mol. The first-order valence-corrected chi connectivity index (χ1v) is 20.6. The van der Waals surface area contributed by atoms with Crippen LogP contribution in [0.25, 0.3) is 53.6 Å². The van der Waals surface area contributed by atoms with Gasteiger partial charge in [0.2, 0.25) is 0 Å². The Morgan fingerprint density at radius 2 is 0.870 bits per heavy atom. The van der Waals surface area contributed by atoms with Crippen molar-refractivity contribution in [2.45, 2.75) is 43.9 Å². The zero-order chi connectivity index (χ0) is 35.6. The van der Waals surface area contributed by atoms with Crippen molar-refractivity contribution in [2.75, 3.05) is 4.90 Å². The minimum absolute atomic E-state index is 0.438. The summed E-state index contributed by atoms with van der Waals surface area (Å²) < 4.78 is 2.69. The van der Waals surface area contributed by atoms with Gasteiger partial charge in [-0.1, -0.05) is 127 Å². The van der Waals surface area contributed by atoms with E-state index < -0.39 is 0 Å². The highest BCUT2D eigenvalue weighted by molar-refractivity contribution is 7.26. The summed E-state index contributed by atoms with van der Waals surface area (Å²) in [6.45, 7) is 0. The normalized spacial score (nSPS) is 21.5. The van der Waals surface area contributed by atoms with Gasteiger partial charge in [0.25, 0.3) is 0 Å². The lowest BCUT2D eigenvalue weighted by Gasteiger charge is -2.57. The SMILES string of the molecule is c1ccc(-c2ccc(N(c3ccc(-c4ccc(C56CC7CC(CC(C7)C5)C6)cc4)cc3)c3ccc(-c4cccc5c4sc4ccccc45)cc3)cc2)cc1. The Balaban J connectivity index is 0.926. The molecule has 0 N–H and O–H groups in total. The molecule has 2 heteroatoms. The number of fused-ring (bicyclic) bond motifs is 3. The Labute approximate surface area is 322 Å². The van der Waals surface area contributed by atoms with E-state index in [1.807, 2.05) is 11.3 Å². The second-order valence-electron chi connectivity index (χ2n) is 16.4. The fourth-order valence-corrected chi connectivity index (χ4v) is 12.2.